The molecule has 1 heterocycles. The van der Waals surface area contributed by atoms with E-state index in [1.807, 2.05) is 48.5 Å². The molecule has 1 aliphatic rings. The van der Waals surface area contributed by atoms with E-state index in [0.29, 0.717) is 11.5 Å². The number of hydrogen-bond donors (Lipinski definition) is 2. The number of ether oxygens (including phenoxy) is 2. The van der Waals surface area contributed by atoms with E-state index in [4.69, 9.17) is 9.47 Å². The maximum atomic E-state index is 12.6. The summed E-state index contributed by atoms with van der Waals surface area (Å²) in [6.07, 6.45) is 0.247. The highest BCUT2D eigenvalue weighted by atomic mass is 79.9. The van der Waals surface area contributed by atoms with Crippen LogP contribution in [0.4, 0.5) is 0 Å². The van der Waals surface area contributed by atoms with Crippen molar-refractivity contribution in [1.29, 1.82) is 0 Å². The van der Waals surface area contributed by atoms with Crippen LogP contribution in [0.3, 0.4) is 0 Å². The van der Waals surface area contributed by atoms with Crippen molar-refractivity contribution in [2.24, 2.45) is 0 Å². The van der Waals surface area contributed by atoms with Gasteiger partial charge in [0.1, 0.15) is 16.9 Å². The highest BCUT2D eigenvalue weighted by Gasteiger charge is 2.48. The van der Waals surface area contributed by atoms with Crippen molar-refractivity contribution in [2.45, 2.75) is 11.8 Å². The van der Waals surface area contributed by atoms with E-state index >= 15 is 0 Å². The molecule has 2 aromatic rings. The number of benzene rings is 2. The number of esters is 1. The van der Waals surface area contributed by atoms with Crippen molar-refractivity contribution in [3.8, 4) is 11.5 Å². The minimum Gasteiger partial charge on any atom is -0.468 e. The molecule has 0 radical (unpaired) electrons. The standard InChI is InChI=1S/C17H16O4.BrH.H3N/c1-20-16(19)17(10-11-18)12-6-2-4-8-14(12)21-15-9-5-3-7-13(15)17;;/h2-9,18H,10-11H2,1H3;1H;1H3. The van der Waals surface area contributed by atoms with E-state index in [1.54, 1.807) is 0 Å². The van der Waals surface area contributed by atoms with Gasteiger partial charge in [-0.2, -0.15) is 0 Å². The Morgan fingerprint density at radius 3 is 2.00 bits per heavy atom. The molecule has 0 spiro atoms. The topological polar surface area (TPSA) is 90.8 Å². The summed E-state index contributed by atoms with van der Waals surface area (Å²) in [4.78, 5) is 12.6. The molecule has 6 heteroatoms. The zero-order valence-electron chi connectivity index (χ0n) is 12.8. The summed E-state index contributed by atoms with van der Waals surface area (Å²) >= 11 is 0. The number of rotatable bonds is 3. The number of carbonyl (C=O) groups is 1. The van der Waals surface area contributed by atoms with Crippen LogP contribution in [0.2, 0.25) is 0 Å². The minimum absolute atomic E-state index is 0. The van der Waals surface area contributed by atoms with E-state index in [9.17, 15) is 9.90 Å². The van der Waals surface area contributed by atoms with Crippen molar-refractivity contribution in [2.75, 3.05) is 13.7 Å². The summed E-state index contributed by atoms with van der Waals surface area (Å²) in [5.74, 6) is 0.852. The summed E-state index contributed by atoms with van der Waals surface area (Å²) in [6, 6.07) is 14.7. The van der Waals surface area contributed by atoms with Crippen molar-refractivity contribution >= 4 is 23.0 Å². The molecular weight excluding hydrogens is 362 g/mol. The number of carbonyl (C=O) groups excluding carboxylic acids is 1. The maximum absolute atomic E-state index is 12.6. The normalized spacial score (nSPS) is 13.3. The lowest BCUT2D eigenvalue weighted by Gasteiger charge is -2.37. The largest absolute Gasteiger partial charge is 0.468 e. The number of methoxy groups -OCH3 is 1. The second kappa shape index (κ2) is 7.59. The fourth-order valence-electron chi connectivity index (χ4n) is 3.01. The average molecular weight is 382 g/mol. The molecule has 0 bridgehead atoms. The molecule has 2 aromatic carbocycles. The number of fused-ring (bicyclic) bond motifs is 2. The van der Waals surface area contributed by atoms with Crippen molar-refractivity contribution in [3.63, 3.8) is 0 Å². The third-order valence-electron chi connectivity index (χ3n) is 3.93. The van der Waals surface area contributed by atoms with E-state index in [0.717, 1.165) is 11.1 Å². The second-order valence-electron chi connectivity index (χ2n) is 4.96. The predicted molar refractivity (Wildman–Crippen MR) is 92.8 cm³/mol. The molecule has 3 rings (SSSR count). The van der Waals surface area contributed by atoms with Gasteiger partial charge in [-0.25, -0.2) is 0 Å². The Hall–Kier alpha value is -1.89. The molecule has 4 N–H and O–H groups in total. The Kier molecular flexibility index (Phi) is 6.32. The SMILES string of the molecule is Br.COC(=O)C1(CCO)c2ccccc2Oc2ccccc21.N. The smallest absolute Gasteiger partial charge is 0.321 e. The molecule has 0 saturated heterocycles. The number of halogens is 1. The van der Waals surface area contributed by atoms with Gasteiger partial charge in [0.2, 0.25) is 0 Å². The third kappa shape index (κ3) is 2.85. The Bertz CT molecular complexity index is 644. The lowest BCUT2D eigenvalue weighted by atomic mass is 9.70. The maximum Gasteiger partial charge on any atom is 0.321 e. The quantitative estimate of drug-likeness (QED) is 0.795. The molecule has 0 amide bonds. The number of aliphatic hydroxyl groups is 1. The first-order chi connectivity index (χ1) is 10.2. The Morgan fingerprint density at radius 2 is 1.57 bits per heavy atom. The van der Waals surface area contributed by atoms with Gasteiger partial charge >= 0.3 is 5.97 Å². The van der Waals surface area contributed by atoms with Crippen LogP contribution in [0.15, 0.2) is 48.5 Å². The fourth-order valence-corrected chi connectivity index (χ4v) is 3.01. The monoisotopic (exact) mass is 381 g/mol. The predicted octanol–water partition coefficient (Wildman–Crippen LogP) is 3.37. The number of para-hydroxylation sites is 2. The lowest BCUT2D eigenvalue weighted by molar-refractivity contribution is -0.146. The van der Waals surface area contributed by atoms with Crippen molar-refractivity contribution in [3.05, 3.63) is 59.7 Å². The highest BCUT2D eigenvalue weighted by molar-refractivity contribution is 8.93. The Labute approximate surface area is 145 Å². The van der Waals surface area contributed by atoms with E-state index in [2.05, 4.69) is 0 Å². The van der Waals surface area contributed by atoms with Gasteiger partial charge in [-0.15, -0.1) is 17.0 Å². The summed E-state index contributed by atoms with van der Waals surface area (Å²) in [5.41, 5.74) is 0.420. The molecule has 0 aliphatic carbocycles. The molecule has 124 valence electrons. The first kappa shape index (κ1) is 19.2. The van der Waals surface area contributed by atoms with Crippen LogP contribution in [0, 0.1) is 0 Å². The van der Waals surface area contributed by atoms with Crippen LogP contribution in [-0.2, 0) is 14.9 Å². The van der Waals surface area contributed by atoms with Gasteiger partial charge in [0, 0.05) is 17.7 Å². The fraction of sp³-hybridized carbons (Fsp3) is 0.235. The summed E-state index contributed by atoms with van der Waals surface area (Å²) in [7, 11) is 1.36. The van der Waals surface area contributed by atoms with E-state index in [1.165, 1.54) is 7.11 Å². The van der Waals surface area contributed by atoms with Crippen LogP contribution in [-0.4, -0.2) is 24.8 Å². The molecular formula is C17H20BrNO4. The minimum atomic E-state index is -1.03. The van der Waals surface area contributed by atoms with Gasteiger partial charge in [-0.1, -0.05) is 36.4 Å². The average Bonchev–Trinajstić information content (AvgIpc) is 2.54. The molecule has 0 aromatic heterocycles. The second-order valence-corrected chi connectivity index (χ2v) is 4.96. The van der Waals surface area contributed by atoms with Crippen molar-refractivity contribution < 1.29 is 19.4 Å². The first-order valence-electron chi connectivity index (χ1n) is 6.80. The Morgan fingerprint density at radius 1 is 1.09 bits per heavy atom. The molecule has 0 saturated carbocycles. The summed E-state index contributed by atoms with van der Waals surface area (Å²) in [5, 5.41) is 9.53. The van der Waals surface area contributed by atoms with Gasteiger partial charge in [0.25, 0.3) is 0 Å². The van der Waals surface area contributed by atoms with Crippen LogP contribution < -0.4 is 10.9 Å². The van der Waals surface area contributed by atoms with Crippen molar-refractivity contribution in [1.82, 2.24) is 6.15 Å². The molecule has 0 atom stereocenters. The summed E-state index contributed by atoms with van der Waals surface area (Å²) in [6.45, 7) is -0.127. The molecule has 5 nitrogen and oxygen atoms in total. The van der Waals surface area contributed by atoms with Gasteiger partial charge in [0.15, 0.2) is 0 Å². The van der Waals surface area contributed by atoms with E-state index in [-0.39, 0.29) is 42.1 Å². The first-order valence-corrected chi connectivity index (χ1v) is 6.80. The molecule has 1 aliphatic heterocycles. The Balaban J connectivity index is 0.00000132. The van der Waals surface area contributed by atoms with Crippen LogP contribution in [0.25, 0.3) is 0 Å². The lowest BCUT2D eigenvalue weighted by Crippen LogP contribution is -2.41. The third-order valence-corrected chi connectivity index (χ3v) is 3.93. The molecule has 0 fully saturated rings. The van der Waals surface area contributed by atoms with E-state index < -0.39 is 5.41 Å². The van der Waals surface area contributed by atoms with Gasteiger partial charge in [-0.05, 0) is 18.6 Å². The van der Waals surface area contributed by atoms with Gasteiger partial charge < -0.3 is 20.7 Å². The zero-order valence-corrected chi connectivity index (χ0v) is 14.5. The van der Waals surface area contributed by atoms with Crippen LogP contribution >= 0.6 is 17.0 Å². The molecule has 0 unspecified atom stereocenters. The highest BCUT2D eigenvalue weighted by Crippen LogP contribution is 2.50. The molecule has 23 heavy (non-hydrogen) atoms. The van der Waals surface area contributed by atoms with Crippen LogP contribution in [0.5, 0.6) is 11.5 Å². The number of aliphatic hydroxyl groups excluding tert-OH is 1. The summed E-state index contributed by atoms with van der Waals surface area (Å²) < 4.78 is 10.9. The zero-order chi connectivity index (χ0) is 14.9. The van der Waals surface area contributed by atoms with Gasteiger partial charge in [-0.3, -0.25) is 4.79 Å². The van der Waals surface area contributed by atoms with Gasteiger partial charge in [0.05, 0.1) is 7.11 Å². The number of hydrogen-bond acceptors (Lipinski definition) is 5. The van der Waals surface area contributed by atoms with Crippen LogP contribution in [0.1, 0.15) is 17.5 Å².